The van der Waals surface area contributed by atoms with Gasteiger partial charge in [-0.25, -0.2) is 0 Å². The summed E-state index contributed by atoms with van der Waals surface area (Å²) < 4.78 is 2.18. The zero-order chi connectivity index (χ0) is 15.1. The van der Waals surface area contributed by atoms with Gasteiger partial charge in [-0.3, -0.25) is 9.79 Å². The van der Waals surface area contributed by atoms with Gasteiger partial charge in [-0.05, 0) is 37.0 Å². The van der Waals surface area contributed by atoms with Crippen LogP contribution in [-0.2, 0) is 11.3 Å². The highest BCUT2D eigenvalue weighted by atomic mass is 16.1. The highest BCUT2D eigenvalue weighted by Gasteiger charge is 2.23. The van der Waals surface area contributed by atoms with Gasteiger partial charge in [0.25, 0.3) is 0 Å². The van der Waals surface area contributed by atoms with Crippen LogP contribution in [0.15, 0.2) is 29.4 Å². The van der Waals surface area contributed by atoms with E-state index in [9.17, 15) is 10.1 Å². The van der Waals surface area contributed by atoms with Gasteiger partial charge in [0.1, 0.15) is 11.9 Å². The van der Waals surface area contributed by atoms with Crippen LogP contribution in [0.2, 0.25) is 0 Å². The van der Waals surface area contributed by atoms with Gasteiger partial charge < -0.3 is 9.88 Å². The van der Waals surface area contributed by atoms with E-state index in [0.29, 0.717) is 24.4 Å². The van der Waals surface area contributed by atoms with Gasteiger partial charge in [0.2, 0.25) is 5.91 Å². The Kier molecular flexibility index (Phi) is 2.97. The number of carbonyl (C=O) groups is 1. The Morgan fingerprint density at radius 1 is 1.41 bits per heavy atom. The second kappa shape index (κ2) is 4.99. The summed E-state index contributed by atoms with van der Waals surface area (Å²) in [7, 11) is 0. The zero-order valence-electron chi connectivity index (χ0n) is 12.2. The van der Waals surface area contributed by atoms with E-state index < -0.39 is 0 Å². The van der Waals surface area contributed by atoms with Crippen molar-refractivity contribution in [3.05, 3.63) is 35.5 Å². The van der Waals surface area contributed by atoms with Crippen LogP contribution in [0.25, 0.3) is 10.9 Å². The number of aromatic nitrogens is 1. The van der Waals surface area contributed by atoms with Crippen molar-refractivity contribution in [2.45, 2.75) is 25.8 Å². The van der Waals surface area contributed by atoms with E-state index in [4.69, 9.17) is 0 Å². The molecule has 1 aromatic heterocycles. The molecule has 22 heavy (non-hydrogen) atoms. The average Bonchev–Trinajstić information content (AvgIpc) is 3.28. The third-order valence-corrected chi connectivity index (χ3v) is 4.29. The number of nitrogens with zero attached hydrogens (tertiary/aromatic N) is 3. The lowest BCUT2D eigenvalue weighted by molar-refractivity contribution is -0.119. The first-order valence-electron chi connectivity index (χ1n) is 7.62. The number of carbonyl (C=O) groups excluding carboxylic acids is 1. The molecule has 4 rings (SSSR count). The van der Waals surface area contributed by atoms with Crippen molar-refractivity contribution < 1.29 is 4.79 Å². The van der Waals surface area contributed by atoms with Crippen molar-refractivity contribution >= 4 is 22.6 Å². The fraction of sp³-hybridized carbons (Fsp3) is 0.353. The molecule has 1 N–H and O–H groups in total. The van der Waals surface area contributed by atoms with Crippen molar-refractivity contribution in [1.29, 1.82) is 5.26 Å². The smallest absolute Gasteiger partial charge is 0.227 e. The maximum atomic E-state index is 11.5. The summed E-state index contributed by atoms with van der Waals surface area (Å²) in [5.41, 5.74) is 2.62. The van der Waals surface area contributed by atoms with Crippen LogP contribution in [0.3, 0.4) is 0 Å². The van der Waals surface area contributed by atoms with Gasteiger partial charge in [-0.15, -0.1) is 0 Å². The third-order valence-electron chi connectivity index (χ3n) is 4.29. The first-order chi connectivity index (χ1) is 10.7. The Hall–Kier alpha value is -2.61. The molecule has 5 nitrogen and oxygen atoms in total. The van der Waals surface area contributed by atoms with E-state index in [1.165, 1.54) is 12.8 Å². The van der Waals surface area contributed by atoms with Crippen LogP contribution >= 0.6 is 0 Å². The van der Waals surface area contributed by atoms with Crippen molar-refractivity contribution in [3.63, 3.8) is 0 Å². The molecule has 2 aromatic rings. The number of amides is 1. The van der Waals surface area contributed by atoms with Gasteiger partial charge in [0, 0.05) is 35.6 Å². The lowest BCUT2D eigenvalue weighted by Crippen LogP contribution is -2.35. The summed E-state index contributed by atoms with van der Waals surface area (Å²) in [6.45, 7) is 1.50. The molecule has 2 aliphatic rings. The van der Waals surface area contributed by atoms with E-state index in [1.54, 1.807) is 0 Å². The van der Waals surface area contributed by atoms with E-state index in [-0.39, 0.29) is 5.91 Å². The molecule has 2 heterocycles. The number of aliphatic imine (C=N–C) groups is 1. The third kappa shape index (κ3) is 2.27. The molecule has 1 saturated carbocycles. The fourth-order valence-electron chi connectivity index (χ4n) is 2.93. The van der Waals surface area contributed by atoms with Gasteiger partial charge in [-0.2, -0.15) is 5.26 Å². The first-order valence-corrected chi connectivity index (χ1v) is 7.62. The molecule has 0 saturated heterocycles. The van der Waals surface area contributed by atoms with Crippen LogP contribution in [0.1, 0.15) is 30.4 Å². The quantitative estimate of drug-likeness (QED) is 0.942. The molecule has 1 aromatic carbocycles. The van der Waals surface area contributed by atoms with Crippen LogP contribution in [-0.4, -0.2) is 22.9 Å². The summed E-state index contributed by atoms with van der Waals surface area (Å²) in [5.74, 6) is 1.36. The number of hydrogen-bond donors (Lipinski definition) is 1. The number of nitrogens with one attached hydrogen (secondary N) is 1. The van der Waals surface area contributed by atoms with Crippen molar-refractivity contribution in [1.82, 2.24) is 9.88 Å². The second-order valence-corrected chi connectivity index (χ2v) is 6.01. The van der Waals surface area contributed by atoms with E-state index in [0.717, 1.165) is 28.9 Å². The van der Waals surface area contributed by atoms with Crippen LogP contribution in [0, 0.1) is 17.2 Å². The van der Waals surface area contributed by atoms with Gasteiger partial charge in [0.05, 0.1) is 12.1 Å². The minimum absolute atomic E-state index is 0.00286. The van der Waals surface area contributed by atoms with Gasteiger partial charge >= 0.3 is 0 Å². The summed E-state index contributed by atoms with van der Waals surface area (Å²) >= 11 is 0. The van der Waals surface area contributed by atoms with Crippen molar-refractivity contribution in [2.75, 3.05) is 6.54 Å². The molecule has 0 bridgehead atoms. The van der Waals surface area contributed by atoms with Crippen LogP contribution in [0.5, 0.6) is 0 Å². The SMILES string of the molecule is N#Cc1cn(CC2CC2)c2ccc(C3=NCCC(=O)N3)cc12. The highest BCUT2D eigenvalue weighted by Crippen LogP contribution is 2.33. The molecule has 5 heteroatoms. The first kappa shape index (κ1) is 13.1. The lowest BCUT2D eigenvalue weighted by atomic mass is 10.1. The minimum atomic E-state index is -0.00286. The average molecular weight is 292 g/mol. The highest BCUT2D eigenvalue weighted by molar-refractivity contribution is 6.10. The van der Waals surface area contributed by atoms with Crippen molar-refractivity contribution in [2.24, 2.45) is 10.9 Å². The number of amidine groups is 1. The molecule has 0 unspecified atom stereocenters. The molecule has 1 aliphatic heterocycles. The largest absolute Gasteiger partial charge is 0.346 e. The maximum Gasteiger partial charge on any atom is 0.227 e. The Balaban J connectivity index is 1.78. The molecular formula is C17H16N4O. The minimum Gasteiger partial charge on any atom is -0.346 e. The van der Waals surface area contributed by atoms with Crippen molar-refractivity contribution in [3.8, 4) is 6.07 Å². The Morgan fingerprint density at radius 3 is 3.00 bits per heavy atom. The summed E-state index contributed by atoms with van der Waals surface area (Å²) in [6.07, 6.45) is 4.94. The van der Waals surface area contributed by atoms with E-state index >= 15 is 0 Å². The monoisotopic (exact) mass is 292 g/mol. The molecule has 1 aliphatic carbocycles. The standard InChI is InChI=1S/C17H16N4O/c18-8-13-10-21(9-11-1-2-11)15-4-3-12(7-14(13)15)17-19-6-5-16(22)20-17/h3-4,7,10-11H,1-2,5-6,9H2,(H,19,20,22). The predicted molar refractivity (Wildman–Crippen MR) is 83.5 cm³/mol. The number of nitriles is 1. The summed E-state index contributed by atoms with van der Waals surface area (Å²) in [6, 6.07) is 8.23. The Bertz CT molecular complexity index is 836. The molecule has 0 atom stereocenters. The van der Waals surface area contributed by atoms with Gasteiger partial charge in [0.15, 0.2) is 0 Å². The maximum absolute atomic E-state index is 11.5. The van der Waals surface area contributed by atoms with E-state index in [2.05, 4.69) is 20.9 Å². The van der Waals surface area contributed by atoms with Crippen LogP contribution in [0.4, 0.5) is 0 Å². The molecule has 0 spiro atoms. The lowest BCUT2D eigenvalue weighted by Gasteiger charge is -2.13. The molecular weight excluding hydrogens is 276 g/mol. The topological polar surface area (TPSA) is 70.2 Å². The molecule has 0 radical (unpaired) electrons. The number of fused-ring (bicyclic) bond motifs is 1. The second-order valence-electron chi connectivity index (χ2n) is 6.01. The molecule has 1 amide bonds. The Labute approximate surface area is 128 Å². The normalized spacial score (nSPS) is 18.0. The van der Waals surface area contributed by atoms with E-state index in [1.807, 2.05) is 24.4 Å². The number of hydrogen-bond acceptors (Lipinski definition) is 3. The fourth-order valence-corrected chi connectivity index (χ4v) is 2.93. The number of rotatable bonds is 3. The molecule has 110 valence electrons. The zero-order valence-corrected chi connectivity index (χ0v) is 12.2. The van der Waals surface area contributed by atoms with Crippen LogP contribution < -0.4 is 5.32 Å². The van der Waals surface area contributed by atoms with Gasteiger partial charge in [-0.1, -0.05) is 0 Å². The predicted octanol–water partition coefficient (Wildman–Crippen LogP) is 2.19. The summed E-state index contributed by atoms with van der Waals surface area (Å²) in [4.78, 5) is 15.9. The number of benzene rings is 1. The Morgan fingerprint density at radius 2 is 2.27 bits per heavy atom. The molecule has 1 fully saturated rings. The summed E-state index contributed by atoms with van der Waals surface area (Å²) in [5, 5.41) is 13.1.